The fourth-order valence-corrected chi connectivity index (χ4v) is 2.64. The molecule has 0 fully saturated rings. The number of carbonyl (C=O) groups excluding carboxylic acids is 1. The first-order chi connectivity index (χ1) is 9.49. The van der Waals surface area contributed by atoms with Gasteiger partial charge in [-0.05, 0) is 59.1 Å². The zero-order valence-electron chi connectivity index (χ0n) is 11.3. The van der Waals surface area contributed by atoms with Crippen molar-refractivity contribution in [2.75, 3.05) is 0 Å². The fraction of sp³-hybridized carbons (Fsp3) is 0.188. The Kier molecular flexibility index (Phi) is 5.00. The summed E-state index contributed by atoms with van der Waals surface area (Å²) in [5.74, 6) is -0.0732. The van der Waals surface area contributed by atoms with Gasteiger partial charge in [-0.2, -0.15) is 0 Å². The minimum Gasteiger partial charge on any atom is -0.345 e. The number of carbonyl (C=O) groups is 1. The molecule has 1 amide bonds. The number of rotatable bonds is 3. The number of hydrogen-bond acceptors (Lipinski definition) is 1. The number of aryl methyl sites for hydroxylation is 1. The molecule has 2 aromatic carbocycles. The van der Waals surface area contributed by atoms with Crippen LogP contribution >= 0.6 is 31.9 Å². The predicted molar refractivity (Wildman–Crippen MR) is 88.9 cm³/mol. The van der Waals surface area contributed by atoms with Gasteiger partial charge in [0.25, 0.3) is 5.91 Å². The molecule has 1 atom stereocenters. The summed E-state index contributed by atoms with van der Waals surface area (Å²) in [6, 6.07) is 13.6. The third kappa shape index (κ3) is 3.49. The van der Waals surface area contributed by atoms with Crippen molar-refractivity contribution < 1.29 is 4.79 Å². The highest BCUT2D eigenvalue weighted by Gasteiger charge is 2.14. The lowest BCUT2D eigenvalue weighted by atomic mass is 10.1. The zero-order valence-corrected chi connectivity index (χ0v) is 14.5. The Morgan fingerprint density at radius 3 is 2.40 bits per heavy atom. The van der Waals surface area contributed by atoms with Gasteiger partial charge in [0, 0.05) is 8.95 Å². The fourth-order valence-electron chi connectivity index (χ4n) is 1.93. The van der Waals surface area contributed by atoms with Gasteiger partial charge in [0.2, 0.25) is 0 Å². The average Bonchev–Trinajstić information content (AvgIpc) is 2.42. The molecule has 0 heterocycles. The van der Waals surface area contributed by atoms with Crippen molar-refractivity contribution in [2.24, 2.45) is 0 Å². The van der Waals surface area contributed by atoms with Crippen LogP contribution < -0.4 is 5.32 Å². The first kappa shape index (κ1) is 15.3. The Morgan fingerprint density at radius 2 is 1.75 bits per heavy atom. The maximum Gasteiger partial charge on any atom is 0.252 e. The molecule has 0 bridgehead atoms. The second-order valence-corrected chi connectivity index (χ2v) is 6.39. The third-order valence-electron chi connectivity index (χ3n) is 3.15. The second kappa shape index (κ2) is 6.55. The van der Waals surface area contributed by atoms with E-state index in [1.54, 1.807) is 0 Å². The van der Waals surface area contributed by atoms with E-state index in [1.807, 2.05) is 56.3 Å². The molecule has 20 heavy (non-hydrogen) atoms. The smallest absolute Gasteiger partial charge is 0.252 e. The van der Waals surface area contributed by atoms with Crippen LogP contribution in [0.3, 0.4) is 0 Å². The summed E-state index contributed by atoms with van der Waals surface area (Å²) in [6.45, 7) is 3.95. The van der Waals surface area contributed by atoms with Crippen molar-refractivity contribution >= 4 is 37.8 Å². The van der Waals surface area contributed by atoms with Crippen LogP contribution in [0.25, 0.3) is 0 Å². The first-order valence-electron chi connectivity index (χ1n) is 6.30. The van der Waals surface area contributed by atoms with Crippen molar-refractivity contribution in [3.05, 3.63) is 68.1 Å². The SMILES string of the molecule is Cc1cccc(C(=O)NC(C)c2ccc(Br)cc2)c1Br. The molecule has 0 radical (unpaired) electrons. The summed E-state index contributed by atoms with van der Waals surface area (Å²) in [4.78, 5) is 12.3. The Morgan fingerprint density at radius 1 is 1.10 bits per heavy atom. The predicted octanol–water partition coefficient (Wildman–Crippen LogP) is 5.01. The molecule has 0 saturated carbocycles. The summed E-state index contributed by atoms with van der Waals surface area (Å²) in [5, 5.41) is 3.02. The molecular weight excluding hydrogens is 382 g/mol. The summed E-state index contributed by atoms with van der Waals surface area (Å²) in [6.07, 6.45) is 0. The Bertz CT molecular complexity index is 623. The number of benzene rings is 2. The van der Waals surface area contributed by atoms with Crippen LogP contribution in [0.4, 0.5) is 0 Å². The minimum atomic E-state index is -0.0732. The molecule has 0 aliphatic heterocycles. The van der Waals surface area contributed by atoms with E-state index in [9.17, 15) is 4.79 Å². The van der Waals surface area contributed by atoms with Crippen molar-refractivity contribution in [1.29, 1.82) is 0 Å². The lowest BCUT2D eigenvalue weighted by Crippen LogP contribution is -2.27. The monoisotopic (exact) mass is 395 g/mol. The quantitative estimate of drug-likeness (QED) is 0.775. The maximum atomic E-state index is 12.3. The third-order valence-corrected chi connectivity index (χ3v) is 4.74. The maximum absolute atomic E-state index is 12.3. The molecule has 0 spiro atoms. The number of amides is 1. The van der Waals surface area contributed by atoms with E-state index in [-0.39, 0.29) is 11.9 Å². The Balaban J connectivity index is 2.15. The topological polar surface area (TPSA) is 29.1 Å². The second-order valence-electron chi connectivity index (χ2n) is 4.68. The molecule has 1 N–H and O–H groups in total. The summed E-state index contributed by atoms with van der Waals surface area (Å²) in [5.41, 5.74) is 2.79. The van der Waals surface area contributed by atoms with Crippen LogP contribution in [-0.4, -0.2) is 5.91 Å². The normalized spacial score (nSPS) is 12.0. The summed E-state index contributed by atoms with van der Waals surface area (Å²) < 4.78 is 1.88. The van der Waals surface area contributed by atoms with E-state index >= 15 is 0 Å². The largest absolute Gasteiger partial charge is 0.345 e. The molecular formula is C16H15Br2NO. The highest BCUT2D eigenvalue weighted by Crippen LogP contribution is 2.22. The van der Waals surface area contributed by atoms with E-state index in [0.717, 1.165) is 20.1 Å². The molecule has 4 heteroatoms. The van der Waals surface area contributed by atoms with Crippen LogP contribution in [0.2, 0.25) is 0 Å². The van der Waals surface area contributed by atoms with Gasteiger partial charge in [0.15, 0.2) is 0 Å². The molecule has 2 aromatic rings. The van der Waals surface area contributed by atoms with Gasteiger partial charge in [-0.1, -0.05) is 40.2 Å². The van der Waals surface area contributed by atoms with Crippen LogP contribution in [0.5, 0.6) is 0 Å². The molecule has 1 unspecified atom stereocenters. The molecule has 2 rings (SSSR count). The number of nitrogens with one attached hydrogen (secondary N) is 1. The van der Waals surface area contributed by atoms with Gasteiger partial charge in [-0.15, -0.1) is 0 Å². The highest BCUT2D eigenvalue weighted by molar-refractivity contribution is 9.10. The van der Waals surface area contributed by atoms with E-state index in [0.29, 0.717) is 5.56 Å². The summed E-state index contributed by atoms with van der Waals surface area (Å²) >= 11 is 6.88. The van der Waals surface area contributed by atoms with Gasteiger partial charge in [0.05, 0.1) is 11.6 Å². The molecule has 104 valence electrons. The molecule has 2 nitrogen and oxygen atoms in total. The zero-order chi connectivity index (χ0) is 14.7. The minimum absolute atomic E-state index is 0.0389. The summed E-state index contributed by atoms with van der Waals surface area (Å²) in [7, 11) is 0. The van der Waals surface area contributed by atoms with Gasteiger partial charge in [-0.3, -0.25) is 4.79 Å². The average molecular weight is 397 g/mol. The lowest BCUT2D eigenvalue weighted by Gasteiger charge is -2.15. The molecule has 0 aliphatic carbocycles. The number of hydrogen-bond donors (Lipinski definition) is 1. The van der Waals surface area contributed by atoms with Crippen molar-refractivity contribution in [3.8, 4) is 0 Å². The first-order valence-corrected chi connectivity index (χ1v) is 7.89. The van der Waals surface area contributed by atoms with Gasteiger partial charge < -0.3 is 5.32 Å². The van der Waals surface area contributed by atoms with Gasteiger partial charge in [-0.25, -0.2) is 0 Å². The number of halogens is 2. The van der Waals surface area contributed by atoms with Crippen molar-refractivity contribution in [2.45, 2.75) is 19.9 Å². The highest BCUT2D eigenvalue weighted by atomic mass is 79.9. The van der Waals surface area contributed by atoms with E-state index in [4.69, 9.17) is 0 Å². The van der Waals surface area contributed by atoms with Crippen LogP contribution in [0.15, 0.2) is 51.4 Å². The van der Waals surface area contributed by atoms with E-state index in [2.05, 4.69) is 37.2 Å². The molecule has 0 aromatic heterocycles. The molecule has 0 saturated heterocycles. The van der Waals surface area contributed by atoms with Crippen molar-refractivity contribution in [1.82, 2.24) is 5.32 Å². The van der Waals surface area contributed by atoms with Crippen LogP contribution in [0.1, 0.15) is 34.5 Å². The standard InChI is InChI=1S/C16H15Br2NO/c1-10-4-3-5-14(15(10)18)16(20)19-11(2)12-6-8-13(17)9-7-12/h3-9,11H,1-2H3,(H,19,20). The van der Waals surface area contributed by atoms with Crippen molar-refractivity contribution in [3.63, 3.8) is 0 Å². The van der Waals surface area contributed by atoms with Crippen LogP contribution in [0, 0.1) is 6.92 Å². The van der Waals surface area contributed by atoms with Gasteiger partial charge in [0.1, 0.15) is 0 Å². The van der Waals surface area contributed by atoms with E-state index < -0.39 is 0 Å². The van der Waals surface area contributed by atoms with Crippen LogP contribution in [-0.2, 0) is 0 Å². The Labute approximate surface area is 135 Å². The Hall–Kier alpha value is -1.13. The molecule has 0 aliphatic rings. The lowest BCUT2D eigenvalue weighted by molar-refractivity contribution is 0.0939. The van der Waals surface area contributed by atoms with E-state index in [1.165, 1.54) is 0 Å². The van der Waals surface area contributed by atoms with Gasteiger partial charge >= 0.3 is 0 Å².